The summed E-state index contributed by atoms with van der Waals surface area (Å²) in [5, 5.41) is 8.67. The molecule has 2 aromatic heterocycles. The van der Waals surface area contributed by atoms with Gasteiger partial charge < -0.3 is 4.42 Å². The standard InChI is InChI=1S/C13H11N3OS/c1-2-4-10(3-1)9-18-13-16-15-12(17-13)11-5-7-14-8-6-11/h1-3,5-8H,4,9H2. The van der Waals surface area contributed by atoms with Crippen LogP contribution >= 0.6 is 11.8 Å². The zero-order valence-electron chi connectivity index (χ0n) is 9.61. The molecule has 0 N–H and O–H groups in total. The van der Waals surface area contributed by atoms with E-state index in [4.69, 9.17) is 4.42 Å². The zero-order valence-corrected chi connectivity index (χ0v) is 10.4. The summed E-state index contributed by atoms with van der Waals surface area (Å²) < 4.78 is 5.59. The van der Waals surface area contributed by atoms with Gasteiger partial charge in [0.15, 0.2) is 0 Å². The predicted molar refractivity (Wildman–Crippen MR) is 70.1 cm³/mol. The molecule has 0 spiro atoms. The summed E-state index contributed by atoms with van der Waals surface area (Å²) in [5.41, 5.74) is 2.27. The summed E-state index contributed by atoms with van der Waals surface area (Å²) in [5.74, 6) is 1.43. The van der Waals surface area contributed by atoms with E-state index in [1.165, 1.54) is 5.57 Å². The van der Waals surface area contributed by atoms with E-state index in [0.717, 1.165) is 17.7 Å². The first-order chi connectivity index (χ1) is 8.92. The number of hydrogen-bond acceptors (Lipinski definition) is 5. The molecule has 18 heavy (non-hydrogen) atoms. The first-order valence-corrected chi connectivity index (χ1v) is 6.61. The number of allylic oxidation sites excluding steroid dienone is 3. The first kappa shape index (κ1) is 11.2. The predicted octanol–water partition coefficient (Wildman–Crippen LogP) is 3.11. The van der Waals surface area contributed by atoms with Crippen LogP contribution in [-0.4, -0.2) is 20.9 Å². The Labute approximate surface area is 109 Å². The molecule has 1 aliphatic carbocycles. The molecule has 0 bridgehead atoms. The molecule has 0 saturated carbocycles. The second-order valence-corrected chi connectivity index (χ2v) is 4.78. The van der Waals surface area contributed by atoms with Crippen LogP contribution in [0.2, 0.25) is 0 Å². The Morgan fingerprint density at radius 1 is 1.22 bits per heavy atom. The molecule has 0 fully saturated rings. The lowest BCUT2D eigenvalue weighted by Gasteiger charge is -1.96. The fourth-order valence-electron chi connectivity index (χ4n) is 1.63. The maximum absolute atomic E-state index is 5.59. The van der Waals surface area contributed by atoms with E-state index in [9.17, 15) is 0 Å². The van der Waals surface area contributed by atoms with Gasteiger partial charge in [-0.05, 0) is 18.6 Å². The summed E-state index contributed by atoms with van der Waals surface area (Å²) >= 11 is 1.57. The monoisotopic (exact) mass is 257 g/mol. The maximum atomic E-state index is 5.59. The van der Waals surface area contributed by atoms with Crippen LogP contribution in [-0.2, 0) is 0 Å². The third kappa shape index (κ3) is 2.51. The molecule has 1 aliphatic rings. The van der Waals surface area contributed by atoms with Gasteiger partial charge in [0.2, 0.25) is 5.89 Å². The molecule has 0 aromatic carbocycles. The second-order valence-electron chi connectivity index (χ2n) is 3.85. The van der Waals surface area contributed by atoms with Gasteiger partial charge in [-0.25, -0.2) is 0 Å². The molecule has 2 aromatic rings. The van der Waals surface area contributed by atoms with Crippen LogP contribution in [0.15, 0.2) is 58.0 Å². The lowest BCUT2D eigenvalue weighted by molar-refractivity contribution is 0.466. The second kappa shape index (κ2) is 5.18. The van der Waals surface area contributed by atoms with E-state index < -0.39 is 0 Å². The van der Waals surface area contributed by atoms with E-state index in [1.54, 1.807) is 24.2 Å². The Kier molecular flexibility index (Phi) is 3.23. The van der Waals surface area contributed by atoms with Gasteiger partial charge in [-0.1, -0.05) is 35.6 Å². The molecule has 0 aliphatic heterocycles. The Balaban J connectivity index is 1.66. The van der Waals surface area contributed by atoms with Crippen molar-refractivity contribution in [2.45, 2.75) is 11.6 Å². The van der Waals surface area contributed by atoms with Crippen LogP contribution in [0.3, 0.4) is 0 Å². The Hall–Kier alpha value is -1.88. The molecule has 0 radical (unpaired) electrons. The largest absolute Gasteiger partial charge is 0.411 e. The van der Waals surface area contributed by atoms with Crippen LogP contribution < -0.4 is 0 Å². The van der Waals surface area contributed by atoms with Gasteiger partial charge in [0, 0.05) is 23.7 Å². The van der Waals surface area contributed by atoms with Gasteiger partial charge in [-0.15, -0.1) is 10.2 Å². The highest BCUT2D eigenvalue weighted by atomic mass is 32.2. The highest BCUT2D eigenvalue weighted by molar-refractivity contribution is 7.99. The summed E-state index contributed by atoms with van der Waals surface area (Å²) in [7, 11) is 0. The number of rotatable bonds is 4. The molecule has 0 amide bonds. The molecule has 4 nitrogen and oxygen atoms in total. The molecule has 90 valence electrons. The van der Waals surface area contributed by atoms with E-state index in [1.807, 2.05) is 12.1 Å². The Morgan fingerprint density at radius 2 is 2.11 bits per heavy atom. The third-order valence-corrected chi connectivity index (χ3v) is 3.49. The number of pyridine rings is 1. The van der Waals surface area contributed by atoms with Gasteiger partial charge in [0.1, 0.15) is 0 Å². The number of aromatic nitrogens is 3. The number of nitrogens with zero attached hydrogens (tertiary/aromatic N) is 3. The fourth-order valence-corrected chi connectivity index (χ4v) is 2.39. The summed E-state index contributed by atoms with van der Waals surface area (Å²) in [4.78, 5) is 3.96. The van der Waals surface area contributed by atoms with Crippen LogP contribution in [0.5, 0.6) is 0 Å². The minimum absolute atomic E-state index is 0.540. The van der Waals surface area contributed by atoms with E-state index >= 15 is 0 Å². The van der Waals surface area contributed by atoms with Gasteiger partial charge in [-0.2, -0.15) is 0 Å². The molecule has 5 heteroatoms. The highest BCUT2D eigenvalue weighted by Gasteiger charge is 2.09. The average molecular weight is 257 g/mol. The topological polar surface area (TPSA) is 51.8 Å². The minimum atomic E-state index is 0.540. The first-order valence-electron chi connectivity index (χ1n) is 5.63. The Morgan fingerprint density at radius 3 is 2.89 bits per heavy atom. The molecular weight excluding hydrogens is 246 g/mol. The summed E-state index contributed by atoms with van der Waals surface area (Å²) in [6, 6.07) is 3.71. The number of thioether (sulfide) groups is 1. The van der Waals surface area contributed by atoms with Crippen molar-refractivity contribution in [1.29, 1.82) is 0 Å². The summed E-state index contributed by atoms with van der Waals surface area (Å²) in [6.45, 7) is 0. The van der Waals surface area contributed by atoms with Crippen molar-refractivity contribution in [1.82, 2.24) is 15.2 Å². The van der Waals surface area contributed by atoms with Crippen molar-refractivity contribution in [3.05, 3.63) is 48.3 Å². The minimum Gasteiger partial charge on any atom is -0.411 e. The lowest BCUT2D eigenvalue weighted by atomic mass is 10.3. The van der Waals surface area contributed by atoms with Crippen LogP contribution in [0.25, 0.3) is 11.5 Å². The van der Waals surface area contributed by atoms with Crippen molar-refractivity contribution in [3.63, 3.8) is 0 Å². The van der Waals surface area contributed by atoms with E-state index in [-0.39, 0.29) is 0 Å². The van der Waals surface area contributed by atoms with Crippen LogP contribution in [0, 0.1) is 0 Å². The van der Waals surface area contributed by atoms with Gasteiger partial charge in [0.25, 0.3) is 5.22 Å². The van der Waals surface area contributed by atoms with Crippen molar-refractivity contribution in [2.75, 3.05) is 5.75 Å². The van der Waals surface area contributed by atoms with Gasteiger partial charge in [-0.3, -0.25) is 4.98 Å². The molecule has 0 saturated heterocycles. The van der Waals surface area contributed by atoms with Crippen LogP contribution in [0.1, 0.15) is 6.42 Å². The van der Waals surface area contributed by atoms with Crippen molar-refractivity contribution in [2.24, 2.45) is 0 Å². The highest BCUT2D eigenvalue weighted by Crippen LogP contribution is 2.25. The van der Waals surface area contributed by atoms with Crippen LogP contribution in [0.4, 0.5) is 0 Å². The molecular formula is C13H11N3OS. The molecule has 0 unspecified atom stereocenters. The van der Waals surface area contributed by atoms with Crippen molar-refractivity contribution >= 4 is 11.8 Å². The van der Waals surface area contributed by atoms with E-state index in [2.05, 4.69) is 33.4 Å². The Bertz CT molecular complexity index is 589. The molecule has 3 rings (SSSR count). The normalized spacial score (nSPS) is 13.9. The molecule has 0 atom stereocenters. The maximum Gasteiger partial charge on any atom is 0.277 e. The quantitative estimate of drug-likeness (QED) is 0.788. The summed E-state index contributed by atoms with van der Waals surface area (Å²) in [6.07, 6.45) is 10.8. The SMILES string of the molecule is C1=CCC(CSc2nnc(-c3ccncc3)o2)=C1. The van der Waals surface area contributed by atoms with Gasteiger partial charge >= 0.3 is 0 Å². The smallest absolute Gasteiger partial charge is 0.277 e. The molecule has 2 heterocycles. The van der Waals surface area contributed by atoms with Gasteiger partial charge in [0.05, 0.1) is 0 Å². The van der Waals surface area contributed by atoms with Crippen molar-refractivity contribution in [3.8, 4) is 11.5 Å². The average Bonchev–Trinajstić information content (AvgIpc) is 3.09. The fraction of sp³-hybridized carbons (Fsp3) is 0.154. The number of hydrogen-bond donors (Lipinski definition) is 0. The van der Waals surface area contributed by atoms with Crippen molar-refractivity contribution < 1.29 is 4.42 Å². The zero-order chi connectivity index (χ0) is 12.2. The third-order valence-electron chi connectivity index (χ3n) is 2.56. The van der Waals surface area contributed by atoms with E-state index in [0.29, 0.717) is 11.1 Å². The lowest BCUT2D eigenvalue weighted by Crippen LogP contribution is -1.83.